The van der Waals surface area contributed by atoms with Gasteiger partial charge in [0.2, 0.25) is 0 Å². The molecular formula is C11H17N2O+. The van der Waals surface area contributed by atoms with Gasteiger partial charge in [0.15, 0.2) is 5.54 Å². The summed E-state index contributed by atoms with van der Waals surface area (Å²) in [5.41, 5.74) is 5.11. The Morgan fingerprint density at radius 1 is 1.36 bits per heavy atom. The Balaban J connectivity index is 2.80. The molecule has 0 spiro atoms. The van der Waals surface area contributed by atoms with Crippen LogP contribution < -0.4 is 11.1 Å². The molecule has 0 radical (unpaired) electrons. The SMILES string of the molecule is Cc1ccccc1NC(=O)C(C)(C)[NH3+]. The number of hydrogen-bond acceptors (Lipinski definition) is 1. The minimum atomic E-state index is -0.595. The van der Waals surface area contributed by atoms with Crippen molar-refractivity contribution in [3.63, 3.8) is 0 Å². The molecule has 0 saturated heterocycles. The second-order valence-electron chi connectivity index (χ2n) is 4.15. The molecule has 0 heterocycles. The quantitative estimate of drug-likeness (QED) is 0.722. The number of quaternary nitrogens is 1. The van der Waals surface area contributed by atoms with Gasteiger partial charge in [-0.2, -0.15) is 0 Å². The molecular weight excluding hydrogens is 176 g/mol. The molecule has 3 heteroatoms. The molecule has 76 valence electrons. The predicted molar refractivity (Wildman–Crippen MR) is 56.8 cm³/mol. The molecule has 0 bridgehead atoms. The van der Waals surface area contributed by atoms with Crippen LogP contribution in [-0.4, -0.2) is 11.4 Å². The van der Waals surface area contributed by atoms with E-state index < -0.39 is 5.54 Å². The van der Waals surface area contributed by atoms with Gasteiger partial charge in [0.1, 0.15) is 0 Å². The largest absolute Gasteiger partial charge is 0.345 e. The monoisotopic (exact) mass is 193 g/mol. The van der Waals surface area contributed by atoms with Gasteiger partial charge in [0.05, 0.1) is 0 Å². The van der Waals surface area contributed by atoms with Gasteiger partial charge in [-0.1, -0.05) is 18.2 Å². The molecule has 1 aromatic rings. The van der Waals surface area contributed by atoms with Gasteiger partial charge in [0.25, 0.3) is 5.91 Å². The molecule has 0 aliphatic heterocycles. The Bertz CT molecular complexity index is 339. The van der Waals surface area contributed by atoms with Gasteiger partial charge in [-0.05, 0) is 32.4 Å². The van der Waals surface area contributed by atoms with Gasteiger partial charge >= 0.3 is 0 Å². The second kappa shape index (κ2) is 3.80. The van der Waals surface area contributed by atoms with Crippen LogP contribution >= 0.6 is 0 Å². The number of hydrogen-bond donors (Lipinski definition) is 2. The molecule has 0 aliphatic carbocycles. The number of anilines is 1. The highest BCUT2D eigenvalue weighted by molar-refractivity contribution is 5.96. The normalized spacial score (nSPS) is 11.1. The first-order valence-electron chi connectivity index (χ1n) is 4.64. The lowest BCUT2D eigenvalue weighted by Crippen LogP contribution is -2.74. The Morgan fingerprint density at radius 2 is 1.93 bits per heavy atom. The summed E-state index contributed by atoms with van der Waals surface area (Å²) in [6.45, 7) is 5.55. The van der Waals surface area contributed by atoms with Crippen molar-refractivity contribution in [2.24, 2.45) is 0 Å². The Kier molecular flexibility index (Phi) is 2.91. The predicted octanol–water partition coefficient (Wildman–Crippen LogP) is 0.954. The zero-order chi connectivity index (χ0) is 10.8. The highest BCUT2D eigenvalue weighted by Gasteiger charge is 2.26. The van der Waals surface area contributed by atoms with E-state index in [1.165, 1.54) is 0 Å². The smallest absolute Gasteiger partial charge is 0.285 e. The standard InChI is InChI=1S/C11H16N2O/c1-8-6-4-5-7-9(8)13-10(14)11(2,3)12/h4-7H,12H2,1-3H3,(H,13,14)/p+1. The molecule has 0 atom stereocenters. The summed E-state index contributed by atoms with van der Waals surface area (Å²) in [6.07, 6.45) is 0. The van der Waals surface area contributed by atoms with Crippen LogP contribution in [0.2, 0.25) is 0 Å². The van der Waals surface area contributed by atoms with Gasteiger partial charge < -0.3 is 11.1 Å². The Morgan fingerprint density at radius 3 is 2.43 bits per heavy atom. The lowest BCUT2D eigenvalue weighted by molar-refractivity contribution is -0.444. The number of amides is 1. The van der Waals surface area contributed by atoms with Gasteiger partial charge in [-0.25, -0.2) is 0 Å². The number of para-hydroxylation sites is 1. The minimum absolute atomic E-state index is 0.0631. The van der Waals surface area contributed by atoms with Crippen molar-refractivity contribution in [1.29, 1.82) is 0 Å². The molecule has 1 amide bonds. The van der Waals surface area contributed by atoms with Gasteiger partial charge in [0, 0.05) is 5.69 Å². The van der Waals surface area contributed by atoms with Crippen molar-refractivity contribution in [3.8, 4) is 0 Å². The lowest BCUT2D eigenvalue weighted by Gasteiger charge is -2.15. The van der Waals surface area contributed by atoms with E-state index in [1.54, 1.807) is 13.8 Å². The van der Waals surface area contributed by atoms with Crippen molar-refractivity contribution in [2.75, 3.05) is 5.32 Å². The highest BCUT2D eigenvalue weighted by atomic mass is 16.2. The fourth-order valence-electron chi connectivity index (χ4n) is 1.00. The molecule has 0 fully saturated rings. The zero-order valence-electron chi connectivity index (χ0n) is 8.92. The van der Waals surface area contributed by atoms with Crippen molar-refractivity contribution in [2.45, 2.75) is 26.3 Å². The van der Waals surface area contributed by atoms with Crippen molar-refractivity contribution in [3.05, 3.63) is 29.8 Å². The minimum Gasteiger partial charge on any atom is -0.345 e. The van der Waals surface area contributed by atoms with E-state index in [1.807, 2.05) is 31.2 Å². The van der Waals surface area contributed by atoms with E-state index in [9.17, 15) is 4.79 Å². The van der Waals surface area contributed by atoms with Crippen molar-refractivity contribution in [1.82, 2.24) is 0 Å². The lowest BCUT2D eigenvalue weighted by atomic mass is 10.1. The molecule has 1 rings (SSSR count). The molecule has 1 aromatic carbocycles. The fourth-order valence-corrected chi connectivity index (χ4v) is 1.00. The van der Waals surface area contributed by atoms with Crippen molar-refractivity contribution < 1.29 is 10.5 Å². The van der Waals surface area contributed by atoms with Crippen LogP contribution in [0.15, 0.2) is 24.3 Å². The molecule has 0 unspecified atom stereocenters. The maximum absolute atomic E-state index is 11.6. The number of benzene rings is 1. The van der Waals surface area contributed by atoms with Crippen LogP contribution in [0, 0.1) is 6.92 Å². The van der Waals surface area contributed by atoms with Crippen LogP contribution in [0.4, 0.5) is 5.69 Å². The number of carbonyl (C=O) groups excluding carboxylic acids is 1. The van der Waals surface area contributed by atoms with E-state index in [-0.39, 0.29) is 5.91 Å². The van der Waals surface area contributed by atoms with E-state index in [0.29, 0.717) is 0 Å². The van der Waals surface area contributed by atoms with Crippen molar-refractivity contribution >= 4 is 11.6 Å². The highest BCUT2D eigenvalue weighted by Crippen LogP contribution is 2.14. The summed E-state index contributed by atoms with van der Waals surface area (Å²) in [5.74, 6) is -0.0631. The summed E-state index contributed by atoms with van der Waals surface area (Å²) in [7, 11) is 0. The van der Waals surface area contributed by atoms with Gasteiger partial charge in [-0.3, -0.25) is 4.79 Å². The summed E-state index contributed by atoms with van der Waals surface area (Å²) >= 11 is 0. The molecule has 0 saturated carbocycles. The molecule has 0 aliphatic rings. The van der Waals surface area contributed by atoms with Crippen LogP contribution in [0.5, 0.6) is 0 Å². The maximum atomic E-state index is 11.6. The van der Waals surface area contributed by atoms with Crippen LogP contribution in [0.25, 0.3) is 0 Å². The third kappa shape index (κ3) is 2.57. The number of carbonyl (C=O) groups is 1. The average molecular weight is 193 g/mol. The first-order chi connectivity index (χ1) is 6.41. The molecule has 3 nitrogen and oxygen atoms in total. The van der Waals surface area contributed by atoms with E-state index in [0.717, 1.165) is 11.3 Å². The fraction of sp³-hybridized carbons (Fsp3) is 0.364. The Labute approximate surface area is 84.3 Å². The Hall–Kier alpha value is -1.35. The number of aryl methyl sites for hydroxylation is 1. The molecule has 4 N–H and O–H groups in total. The zero-order valence-corrected chi connectivity index (χ0v) is 8.92. The van der Waals surface area contributed by atoms with E-state index in [4.69, 9.17) is 0 Å². The third-order valence-corrected chi connectivity index (χ3v) is 2.01. The van der Waals surface area contributed by atoms with Gasteiger partial charge in [-0.15, -0.1) is 0 Å². The first kappa shape index (κ1) is 10.7. The second-order valence-corrected chi connectivity index (χ2v) is 4.15. The van der Waals surface area contributed by atoms with Crippen LogP contribution in [0.1, 0.15) is 19.4 Å². The van der Waals surface area contributed by atoms with Crippen LogP contribution in [0.3, 0.4) is 0 Å². The molecule has 14 heavy (non-hydrogen) atoms. The number of rotatable bonds is 2. The summed E-state index contributed by atoms with van der Waals surface area (Å²) in [4.78, 5) is 11.6. The first-order valence-corrected chi connectivity index (χ1v) is 4.64. The van der Waals surface area contributed by atoms with E-state index in [2.05, 4.69) is 11.1 Å². The van der Waals surface area contributed by atoms with E-state index >= 15 is 0 Å². The molecule has 0 aromatic heterocycles. The number of nitrogens with one attached hydrogen (secondary N) is 1. The third-order valence-electron chi connectivity index (χ3n) is 2.01. The van der Waals surface area contributed by atoms with Crippen LogP contribution in [-0.2, 0) is 4.79 Å². The topological polar surface area (TPSA) is 56.7 Å². The summed E-state index contributed by atoms with van der Waals surface area (Å²) < 4.78 is 0. The average Bonchev–Trinajstić information content (AvgIpc) is 2.07. The summed E-state index contributed by atoms with van der Waals surface area (Å²) in [6, 6.07) is 7.70. The summed E-state index contributed by atoms with van der Waals surface area (Å²) in [5, 5.41) is 2.85. The maximum Gasteiger partial charge on any atom is 0.285 e.